The van der Waals surface area contributed by atoms with Gasteiger partial charge in [-0.1, -0.05) is 37.3 Å². The van der Waals surface area contributed by atoms with E-state index in [0.717, 1.165) is 16.8 Å². The summed E-state index contributed by atoms with van der Waals surface area (Å²) in [7, 11) is 0. The van der Waals surface area contributed by atoms with E-state index < -0.39 is 18.4 Å². The minimum absolute atomic E-state index is 0.0992. The second-order valence-corrected chi connectivity index (χ2v) is 8.10. The first-order valence-electron chi connectivity index (χ1n) is 11.2. The number of benzene rings is 2. The Bertz CT molecular complexity index is 1460. The van der Waals surface area contributed by atoms with Crippen LogP contribution in [0.15, 0.2) is 54.6 Å². The lowest BCUT2D eigenvalue weighted by Gasteiger charge is -2.13. The molecule has 9 heteroatoms. The van der Waals surface area contributed by atoms with Crippen LogP contribution in [0.2, 0.25) is 0 Å². The van der Waals surface area contributed by atoms with Crippen LogP contribution in [-0.2, 0) is 22.4 Å². The molecule has 0 saturated carbocycles. The van der Waals surface area contributed by atoms with Crippen molar-refractivity contribution in [2.75, 3.05) is 12.3 Å². The van der Waals surface area contributed by atoms with Crippen molar-refractivity contribution in [2.24, 2.45) is 0 Å². The topological polar surface area (TPSA) is 133 Å². The molecular formula is C27H24N3O6. The number of hydrogen-bond donors (Lipinski definition) is 2. The van der Waals surface area contributed by atoms with E-state index in [-0.39, 0.29) is 22.5 Å². The van der Waals surface area contributed by atoms with Gasteiger partial charge in [-0.3, -0.25) is 9.59 Å². The number of aromatic nitrogens is 2. The number of carboxylic acids is 1. The van der Waals surface area contributed by atoms with E-state index in [1.165, 1.54) is 13.2 Å². The van der Waals surface area contributed by atoms with Crippen molar-refractivity contribution in [3.05, 3.63) is 82.7 Å². The molecule has 0 spiro atoms. The maximum atomic E-state index is 12.3. The highest BCUT2D eigenvalue weighted by molar-refractivity contribution is 6.35. The summed E-state index contributed by atoms with van der Waals surface area (Å²) in [6, 6.07) is 17.0. The quantitative estimate of drug-likeness (QED) is 0.254. The molecule has 2 aromatic heterocycles. The molecule has 0 saturated heterocycles. The fourth-order valence-electron chi connectivity index (χ4n) is 4.19. The lowest BCUT2D eigenvalue weighted by atomic mass is 10.0. The van der Waals surface area contributed by atoms with Crippen LogP contribution in [0.5, 0.6) is 17.2 Å². The number of hydrogen-bond acceptors (Lipinski definition) is 7. The first kappa shape index (κ1) is 24.5. The lowest BCUT2D eigenvalue weighted by Crippen LogP contribution is -2.16. The fraction of sp³-hybridized carbons (Fsp3) is 0.185. The Labute approximate surface area is 207 Å². The Morgan fingerprint density at radius 2 is 1.83 bits per heavy atom. The van der Waals surface area contributed by atoms with Crippen molar-refractivity contribution >= 4 is 29.2 Å². The van der Waals surface area contributed by atoms with E-state index in [2.05, 4.69) is 5.10 Å². The van der Waals surface area contributed by atoms with Gasteiger partial charge >= 0.3 is 5.97 Å². The largest absolute Gasteiger partial charge is 0.479 e. The van der Waals surface area contributed by atoms with Crippen molar-refractivity contribution in [3.63, 3.8) is 0 Å². The van der Waals surface area contributed by atoms with Crippen molar-refractivity contribution in [1.82, 2.24) is 9.61 Å². The van der Waals surface area contributed by atoms with Gasteiger partial charge < -0.3 is 20.3 Å². The third-order valence-electron chi connectivity index (χ3n) is 5.71. The van der Waals surface area contributed by atoms with Crippen LogP contribution in [0.1, 0.15) is 39.8 Å². The Balaban J connectivity index is 1.83. The number of ether oxygens (including phenoxy) is 2. The van der Waals surface area contributed by atoms with Gasteiger partial charge in [0.2, 0.25) is 5.78 Å². The smallest absolute Gasteiger partial charge is 0.341 e. The first-order valence-corrected chi connectivity index (χ1v) is 11.2. The Morgan fingerprint density at radius 3 is 2.50 bits per heavy atom. The van der Waals surface area contributed by atoms with Crippen molar-refractivity contribution in [2.45, 2.75) is 26.7 Å². The molecule has 36 heavy (non-hydrogen) atoms. The fourth-order valence-corrected chi connectivity index (χ4v) is 4.19. The van der Waals surface area contributed by atoms with Crippen LogP contribution in [0.3, 0.4) is 0 Å². The van der Waals surface area contributed by atoms with E-state index in [9.17, 15) is 14.4 Å². The molecule has 0 atom stereocenters. The van der Waals surface area contributed by atoms with Crippen LogP contribution in [0, 0.1) is 6.92 Å². The predicted molar refractivity (Wildman–Crippen MR) is 133 cm³/mol. The van der Waals surface area contributed by atoms with Crippen molar-refractivity contribution in [1.29, 1.82) is 0 Å². The molecule has 9 nitrogen and oxygen atoms in total. The second kappa shape index (κ2) is 10.3. The first-order chi connectivity index (χ1) is 17.3. The molecule has 0 aliphatic heterocycles. The van der Waals surface area contributed by atoms with Gasteiger partial charge in [-0.05, 0) is 48.7 Å². The number of nitrogen functional groups attached to an aromatic ring is 1. The summed E-state index contributed by atoms with van der Waals surface area (Å²) < 4.78 is 13.0. The standard InChI is InChI=1S/C27H24N3O6/c1-3-20-21(13-17-8-7-11-19(12-17)36-18-9-5-4-6-10-18)30-26(25(20)28)27(35-15-23(33)34)24(16(2)29-30)22(32)14-31/h4-12H,3,13,15,28H2,1-2H3,(H,33,34). The molecule has 0 aliphatic rings. The maximum absolute atomic E-state index is 12.3. The van der Waals surface area contributed by atoms with E-state index in [4.69, 9.17) is 20.3 Å². The number of carbonyl (C=O) groups excluding carboxylic acids is 2. The number of carboxylic acid groups (broad SMARTS) is 1. The molecule has 4 rings (SSSR count). The van der Waals surface area contributed by atoms with Gasteiger partial charge in [-0.25, -0.2) is 9.31 Å². The third kappa shape index (κ3) is 4.76. The molecule has 4 aromatic rings. The number of Topliss-reactive ketones (excluding diaryl/α,β-unsaturated/α-hetero) is 1. The Morgan fingerprint density at radius 1 is 1.11 bits per heavy atom. The Hall–Kier alpha value is -4.66. The molecule has 0 unspecified atom stereocenters. The second-order valence-electron chi connectivity index (χ2n) is 8.10. The van der Waals surface area contributed by atoms with Crippen LogP contribution >= 0.6 is 0 Å². The zero-order chi connectivity index (χ0) is 25.8. The van der Waals surface area contributed by atoms with E-state index in [0.29, 0.717) is 30.0 Å². The number of ketones is 1. The van der Waals surface area contributed by atoms with Crippen LogP contribution < -0.4 is 15.2 Å². The predicted octanol–water partition coefficient (Wildman–Crippen LogP) is 3.93. The number of para-hydroxylation sites is 1. The van der Waals surface area contributed by atoms with Crippen LogP contribution in [0.25, 0.3) is 5.52 Å². The summed E-state index contributed by atoms with van der Waals surface area (Å²) in [5, 5.41) is 13.7. The van der Waals surface area contributed by atoms with E-state index >= 15 is 0 Å². The number of aryl methyl sites for hydroxylation is 1. The van der Waals surface area contributed by atoms with Crippen molar-refractivity contribution < 1.29 is 29.0 Å². The number of fused-ring (bicyclic) bond motifs is 1. The average Bonchev–Trinajstić information content (AvgIpc) is 3.12. The number of aliphatic carboxylic acids is 1. The zero-order valence-electron chi connectivity index (χ0n) is 19.8. The molecular weight excluding hydrogens is 462 g/mol. The summed E-state index contributed by atoms with van der Waals surface area (Å²) >= 11 is 0. The summed E-state index contributed by atoms with van der Waals surface area (Å²) in [5.41, 5.74) is 9.50. The van der Waals surface area contributed by atoms with Gasteiger partial charge in [0.05, 0.1) is 22.6 Å². The molecule has 2 heterocycles. The number of rotatable bonds is 10. The Kier molecular flexibility index (Phi) is 7.00. The summed E-state index contributed by atoms with van der Waals surface area (Å²) in [5.74, 6) is -0.961. The molecule has 0 aliphatic carbocycles. The average molecular weight is 487 g/mol. The molecule has 1 radical (unpaired) electrons. The maximum Gasteiger partial charge on any atom is 0.341 e. The molecule has 183 valence electrons. The zero-order valence-corrected chi connectivity index (χ0v) is 19.8. The van der Waals surface area contributed by atoms with Gasteiger partial charge in [-0.2, -0.15) is 5.10 Å². The third-order valence-corrected chi connectivity index (χ3v) is 5.71. The molecule has 0 amide bonds. The monoisotopic (exact) mass is 486 g/mol. The van der Waals surface area contributed by atoms with Crippen molar-refractivity contribution in [3.8, 4) is 17.2 Å². The summed E-state index contributed by atoms with van der Waals surface area (Å²) in [4.78, 5) is 34.7. The highest BCUT2D eigenvalue weighted by atomic mass is 16.5. The highest BCUT2D eigenvalue weighted by Crippen LogP contribution is 2.37. The lowest BCUT2D eigenvalue weighted by molar-refractivity contribution is -0.139. The van der Waals surface area contributed by atoms with Crippen LogP contribution in [0.4, 0.5) is 5.69 Å². The molecule has 3 N–H and O–H groups in total. The number of carbonyl (C=O) groups is 2. The van der Waals surface area contributed by atoms with Gasteiger partial charge in [0.25, 0.3) is 6.29 Å². The SMILES string of the molecule is CCc1c(N)c2c(OCC(=O)O)c(C(=O)[C]=O)c(C)nn2c1Cc1cccc(Oc2ccccc2)c1. The molecule has 2 aromatic carbocycles. The number of nitrogens with zero attached hydrogens (tertiary/aromatic N) is 2. The van der Waals surface area contributed by atoms with E-state index in [1.54, 1.807) is 4.52 Å². The normalized spacial score (nSPS) is 10.8. The minimum Gasteiger partial charge on any atom is -0.479 e. The van der Waals surface area contributed by atoms with Gasteiger partial charge in [0.1, 0.15) is 17.0 Å². The van der Waals surface area contributed by atoms with E-state index in [1.807, 2.05) is 61.5 Å². The summed E-state index contributed by atoms with van der Waals surface area (Å²) in [6.45, 7) is 2.75. The van der Waals surface area contributed by atoms with Gasteiger partial charge in [0, 0.05) is 6.42 Å². The summed E-state index contributed by atoms with van der Waals surface area (Å²) in [6.07, 6.45) is 2.28. The number of anilines is 1. The molecule has 0 bridgehead atoms. The van der Waals surface area contributed by atoms with Crippen LogP contribution in [-0.4, -0.2) is 39.4 Å². The highest BCUT2D eigenvalue weighted by Gasteiger charge is 2.27. The van der Waals surface area contributed by atoms with Gasteiger partial charge in [0.15, 0.2) is 12.4 Å². The number of nitrogens with two attached hydrogens (primary N) is 1. The van der Waals surface area contributed by atoms with Gasteiger partial charge in [-0.15, -0.1) is 0 Å². The molecule has 0 fully saturated rings. The minimum atomic E-state index is -1.24.